The van der Waals surface area contributed by atoms with Gasteiger partial charge in [0.1, 0.15) is 4.21 Å². The fraction of sp³-hybridized carbons (Fsp3) is 0.600. The maximum Gasteiger partial charge on any atom is 0.250 e. The van der Waals surface area contributed by atoms with E-state index in [0.29, 0.717) is 17.4 Å². The summed E-state index contributed by atoms with van der Waals surface area (Å²) in [4.78, 5) is 1.04. The molecule has 0 saturated carbocycles. The zero-order valence-electron chi connectivity index (χ0n) is 10.2. The Labute approximate surface area is 106 Å². The van der Waals surface area contributed by atoms with Crippen LogP contribution in [0.1, 0.15) is 10.4 Å². The first kappa shape index (κ1) is 14.6. The molecule has 1 aromatic rings. The average molecular weight is 278 g/mol. The lowest BCUT2D eigenvalue weighted by atomic mass is 10.3. The Morgan fingerprint density at radius 1 is 1.47 bits per heavy atom. The normalized spacial score (nSPS) is 11.9. The molecule has 0 spiro atoms. The number of nitrogens with one attached hydrogen (secondary N) is 2. The van der Waals surface area contributed by atoms with Crippen LogP contribution in [-0.4, -0.2) is 35.7 Å². The number of hydrogen-bond acceptors (Lipinski definition) is 5. The molecule has 0 amide bonds. The van der Waals surface area contributed by atoms with Crippen molar-refractivity contribution in [2.75, 3.05) is 27.3 Å². The van der Waals surface area contributed by atoms with Gasteiger partial charge in [-0.1, -0.05) is 0 Å². The zero-order valence-corrected chi connectivity index (χ0v) is 11.9. The van der Waals surface area contributed by atoms with Gasteiger partial charge in [0.2, 0.25) is 10.0 Å². The van der Waals surface area contributed by atoms with Crippen molar-refractivity contribution in [1.29, 1.82) is 0 Å². The lowest BCUT2D eigenvalue weighted by Gasteiger charge is -2.03. The van der Waals surface area contributed by atoms with Gasteiger partial charge in [-0.05, 0) is 25.6 Å². The van der Waals surface area contributed by atoms with E-state index in [4.69, 9.17) is 4.74 Å². The maximum absolute atomic E-state index is 11.9. The van der Waals surface area contributed by atoms with Crippen LogP contribution in [0.4, 0.5) is 0 Å². The van der Waals surface area contributed by atoms with E-state index in [1.165, 1.54) is 18.4 Å². The molecule has 1 aromatic heterocycles. The van der Waals surface area contributed by atoms with Gasteiger partial charge in [0.05, 0.1) is 6.61 Å². The van der Waals surface area contributed by atoms with Crippen LogP contribution in [0.2, 0.25) is 0 Å². The first-order valence-corrected chi connectivity index (χ1v) is 7.53. The maximum atomic E-state index is 11.9. The number of thiophene rings is 1. The third-order valence-corrected chi connectivity index (χ3v) is 5.37. The summed E-state index contributed by atoms with van der Waals surface area (Å²) in [6.45, 7) is 3.26. The highest BCUT2D eigenvalue weighted by molar-refractivity contribution is 7.91. The summed E-state index contributed by atoms with van der Waals surface area (Å²) in [5.41, 5.74) is 0.997. The van der Waals surface area contributed by atoms with Crippen molar-refractivity contribution < 1.29 is 13.2 Å². The van der Waals surface area contributed by atoms with Crippen molar-refractivity contribution in [2.24, 2.45) is 0 Å². The molecule has 0 fully saturated rings. The molecule has 0 unspecified atom stereocenters. The highest BCUT2D eigenvalue weighted by atomic mass is 32.2. The van der Waals surface area contributed by atoms with E-state index in [2.05, 4.69) is 10.0 Å². The molecule has 0 atom stereocenters. The van der Waals surface area contributed by atoms with Gasteiger partial charge in [-0.3, -0.25) is 0 Å². The van der Waals surface area contributed by atoms with Crippen LogP contribution in [0.3, 0.4) is 0 Å². The SMILES string of the molecule is CNCc1sc(S(=O)(=O)NCCOC)cc1C. The van der Waals surface area contributed by atoms with Crippen LogP contribution in [0.25, 0.3) is 0 Å². The van der Waals surface area contributed by atoms with E-state index < -0.39 is 10.0 Å². The fourth-order valence-electron chi connectivity index (χ4n) is 1.31. The lowest BCUT2D eigenvalue weighted by molar-refractivity contribution is 0.204. The quantitative estimate of drug-likeness (QED) is 0.721. The molecule has 17 heavy (non-hydrogen) atoms. The van der Waals surface area contributed by atoms with Crippen LogP contribution < -0.4 is 10.0 Å². The smallest absolute Gasteiger partial charge is 0.250 e. The molecule has 0 aliphatic carbocycles. The van der Waals surface area contributed by atoms with E-state index in [1.54, 1.807) is 6.07 Å². The van der Waals surface area contributed by atoms with Gasteiger partial charge in [-0.15, -0.1) is 11.3 Å². The third-order valence-electron chi connectivity index (χ3n) is 2.20. The van der Waals surface area contributed by atoms with E-state index in [1.807, 2.05) is 14.0 Å². The predicted molar refractivity (Wildman–Crippen MR) is 68.9 cm³/mol. The van der Waals surface area contributed by atoms with Crippen molar-refractivity contribution in [3.63, 3.8) is 0 Å². The summed E-state index contributed by atoms with van der Waals surface area (Å²) in [6, 6.07) is 1.70. The first-order valence-electron chi connectivity index (χ1n) is 5.23. The molecule has 0 aromatic carbocycles. The minimum atomic E-state index is -3.39. The lowest BCUT2D eigenvalue weighted by Crippen LogP contribution is -2.26. The second-order valence-electron chi connectivity index (χ2n) is 3.59. The average Bonchev–Trinajstić information content (AvgIpc) is 2.62. The molecule has 7 heteroatoms. The molecular weight excluding hydrogens is 260 g/mol. The molecule has 0 aliphatic rings. The van der Waals surface area contributed by atoms with Crippen molar-refractivity contribution >= 4 is 21.4 Å². The summed E-state index contributed by atoms with van der Waals surface area (Å²) in [6.07, 6.45) is 0. The first-order chi connectivity index (χ1) is 8.01. The molecule has 5 nitrogen and oxygen atoms in total. The minimum Gasteiger partial charge on any atom is -0.383 e. The summed E-state index contributed by atoms with van der Waals surface area (Å²) >= 11 is 1.30. The van der Waals surface area contributed by atoms with Crippen molar-refractivity contribution in [1.82, 2.24) is 10.0 Å². The summed E-state index contributed by atoms with van der Waals surface area (Å²) in [5.74, 6) is 0. The topological polar surface area (TPSA) is 67.4 Å². The number of sulfonamides is 1. The van der Waals surface area contributed by atoms with E-state index >= 15 is 0 Å². The van der Waals surface area contributed by atoms with E-state index in [-0.39, 0.29) is 6.54 Å². The second-order valence-corrected chi connectivity index (χ2v) is 6.72. The Kier molecular flexibility index (Phi) is 5.54. The van der Waals surface area contributed by atoms with E-state index in [9.17, 15) is 8.42 Å². The van der Waals surface area contributed by atoms with Crippen molar-refractivity contribution in [3.05, 3.63) is 16.5 Å². The monoisotopic (exact) mass is 278 g/mol. The molecule has 2 N–H and O–H groups in total. The van der Waals surface area contributed by atoms with E-state index in [0.717, 1.165) is 10.4 Å². The van der Waals surface area contributed by atoms with Crippen LogP contribution in [0, 0.1) is 6.92 Å². The van der Waals surface area contributed by atoms with Gasteiger partial charge in [0.15, 0.2) is 0 Å². The Hall–Kier alpha value is -0.470. The van der Waals surface area contributed by atoms with Gasteiger partial charge in [-0.25, -0.2) is 13.1 Å². The highest BCUT2D eigenvalue weighted by Crippen LogP contribution is 2.25. The van der Waals surface area contributed by atoms with Gasteiger partial charge in [0.25, 0.3) is 0 Å². The Morgan fingerprint density at radius 2 is 2.18 bits per heavy atom. The number of ether oxygens (including phenoxy) is 1. The Morgan fingerprint density at radius 3 is 2.76 bits per heavy atom. The third kappa shape index (κ3) is 4.04. The fourth-order valence-corrected chi connectivity index (χ4v) is 3.96. The molecule has 1 rings (SSSR count). The minimum absolute atomic E-state index is 0.289. The van der Waals surface area contributed by atoms with Gasteiger partial charge in [-0.2, -0.15) is 0 Å². The Bertz CT molecular complexity index is 454. The van der Waals surface area contributed by atoms with Gasteiger partial charge >= 0.3 is 0 Å². The number of hydrogen-bond donors (Lipinski definition) is 2. The zero-order chi connectivity index (χ0) is 12.9. The summed E-state index contributed by atoms with van der Waals surface area (Å²) < 4.78 is 31.5. The van der Waals surface area contributed by atoms with Crippen LogP contribution in [0.15, 0.2) is 10.3 Å². The van der Waals surface area contributed by atoms with Crippen LogP contribution in [-0.2, 0) is 21.3 Å². The summed E-state index contributed by atoms with van der Waals surface area (Å²) in [7, 11) is -0.0180. The van der Waals surface area contributed by atoms with Crippen LogP contribution >= 0.6 is 11.3 Å². The standard InChI is InChI=1S/C10H18N2O3S2/c1-8-6-10(16-9(8)7-11-2)17(13,14)12-4-5-15-3/h6,11-12H,4-5,7H2,1-3H3. The van der Waals surface area contributed by atoms with Crippen molar-refractivity contribution in [3.8, 4) is 0 Å². The number of aryl methyl sites for hydroxylation is 1. The highest BCUT2D eigenvalue weighted by Gasteiger charge is 2.17. The molecule has 98 valence electrons. The second kappa shape index (κ2) is 6.46. The number of methoxy groups -OCH3 is 1. The molecule has 0 aliphatic heterocycles. The molecular formula is C10H18N2O3S2. The Balaban J connectivity index is 2.80. The summed E-state index contributed by atoms with van der Waals surface area (Å²) in [5, 5.41) is 3.02. The predicted octanol–water partition coefficient (Wildman–Crippen LogP) is 0.701. The van der Waals surface area contributed by atoms with Crippen molar-refractivity contribution in [2.45, 2.75) is 17.7 Å². The molecule has 0 bridgehead atoms. The van der Waals surface area contributed by atoms with Gasteiger partial charge < -0.3 is 10.1 Å². The largest absolute Gasteiger partial charge is 0.383 e. The molecule has 0 saturated heterocycles. The molecule has 0 radical (unpaired) electrons. The number of rotatable bonds is 7. The van der Waals surface area contributed by atoms with Crippen LogP contribution in [0.5, 0.6) is 0 Å². The molecule has 1 heterocycles. The van der Waals surface area contributed by atoms with Gasteiger partial charge in [0, 0.05) is 25.1 Å².